The van der Waals surface area contributed by atoms with Crippen molar-refractivity contribution in [3.05, 3.63) is 159 Å². The zero-order chi connectivity index (χ0) is 42.0. The van der Waals surface area contributed by atoms with E-state index in [2.05, 4.69) is 5.43 Å². The Morgan fingerprint density at radius 2 is 1.50 bits per heavy atom. The molecule has 60 heavy (non-hydrogen) atoms. The minimum Gasteiger partial charge on any atom is -0.508 e. The first-order valence-electron chi connectivity index (χ1n) is 19.4. The van der Waals surface area contributed by atoms with Crippen LogP contribution >= 0.6 is 23.2 Å². The number of phenolic OH excluding ortho intramolecular Hbond substituents is 1. The second-order valence-electron chi connectivity index (χ2n) is 15.4. The Bertz CT molecular complexity index is 2630. The first-order chi connectivity index (χ1) is 29.0. The van der Waals surface area contributed by atoms with Crippen molar-refractivity contribution in [1.82, 2.24) is 5.01 Å². The molecule has 0 radical (unpaired) electrons. The molecule has 2 aliphatic heterocycles. The lowest BCUT2D eigenvalue weighted by atomic mass is 9.49. The lowest BCUT2D eigenvalue weighted by Gasteiger charge is -2.50. The molecule has 6 unspecified atom stereocenters. The highest BCUT2D eigenvalue weighted by atomic mass is 35.5. The number of phenols is 1. The van der Waals surface area contributed by atoms with Gasteiger partial charge < -0.3 is 14.6 Å². The summed E-state index contributed by atoms with van der Waals surface area (Å²) in [5, 5.41) is 13.3. The zero-order valence-electron chi connectivity index (χ0n) is 32.3. The number of nitrogens with zero attached hydrogens (tertiary/aromatic N) is 2. The molecular weight excluding hydrogens is 805 g/mol. The smallest absolute Gasteiger partial charge is 0.260 e. The normalized spacial score (nSPS) is 24.4. The van der Waals surface area contributed by atoms with E-state index in [1.54, 1.807) is 97.1 Å². The number of ether oxygens (including phenoxy) is 2. The van der Waals surface area contributed by atoms with E-state index < -0.39 is 58.6 Å². The number of nitrogens with one attached hydrogen (secondary N) is 1. The Labute approximate surface area is 355 Å². The van der Waals surface area contributed by atoms with Gasteiger partial charge in [-0.05, 0) is 91.1 Å². The number of allylic oxidation sites excluding steroid dienone is 2. The van der Waals surface area contributed by atoms with Crippen LogP contribution in [0.1, 0.15) is 45.8 Å². The predicted octanol–water partition coefficient (Wildman–Crippen LogP) is 8.14. The largest absolute Gasteiger partial charge is 0.508 e. The fourth-order valence-corrected chi connectivity index (χ4v) is 10.4. The number of benzene rings is 5. The van der Waals surface area contributed by atoms with Crippen molar-refractivity contribution in [3.63, 3.8) is 0 Å². The SMILES string of the molecule is COc1ccc(C23C(=O)N(Nc4ccc(Cl)cc4Cl)C(=O)C2CC2C(=CCC4C(=O)N(c5ccc(C(=O)c6ccccc6)cc5)C(=O)C42)C3c2c(O)cccc2OC)cc1. The van der Waals surface area contributed by atoms with E-state index in [0.29, 0.717) is 38.7 Å². The molecule has 2 aliphatic carbocycles. The topological polar surface area (TPSA) is 143 Å². The number of hydrogen-bond donors (Lipinski definition) is 2. The van der Waals surface area contributed by atoms with Gasteiger partial charge in [0.15, 0.2) is 5.78 Å². The third-order valence-electron chi connectivity index (χ3n) is 12.6. The number of ketones is 1. The molecule has 5 aromatic carbocycles. The molecular formula is C47H37Cl2N3O8. The second kappa shape index (κ2) is 15.0. The van der Waals surface area contributed by atoms with E-state index in [4.69, 9.17) is 32.7 Å². The van der Waals surface area contributed by atoms with E-state index in [-0.39, 0.29) is 46.4 Å². The van der Waals surface area contributed by atoms with Gasteiger partial charge in [-0.15, -0.1) is 0 Å². The third kappa shape index (κ3) is 5.90. The Morgan fingerprint density at radius 3 is 2.18 bits per heavy atom. The van der Waals surface area contributed by atoms with Crippen molar-refractivity contribution in [3.8, 4) is 17.2 Å². The van der Waals surface area contributed by atoms with E-state index in [1.165, 1.54) is 31.3 Å². The van der Waals surface area contributed by atoms with Crippen molar-refractivity contribution in [2.24, 2.45) is 23.7 Å². The van der Waals surface area contributed by atoms with Gasteiger partial charge in [0.1, 0.15) is 17.2 Å². The lowest BCUT2D eigenvalue weighted by molar-refractivity contribution is -0.138. The van der Waals surface area contributed by atoms with Crippen LogP contribution in [0.5, 0.6) is 17.2 Å². The molecule has 1 saturated carbocycles. The number of carbonyl (C=O) groups is 5. The first kappa shape index (κ1) is 39.1. The highest BCUT2D eigenvalue weighted by Crippen LogP contribution is 2.66. The molecule has 5 aromatic rings. The fourth-order valence-electron chi connectivity index (χ4n) is 9.93. The minimum absolute atomic E-state index is 0.0138. The van der Waals surface area contributed by atoms with Gasteiger partial charge in [0.05, 0.1) is 53.8 Å². The number of hydrazine groups is 1. The zero-order valence-corrected chi connectivity index (χ0v) is 33.8. The maximum Gasteiger partial charge on any atom is 0.260 e. The standard InChI is InChI=1S/C47H37Cl2N3O8/c1-59-30-18-13-27(14-19-30)47-34(44(56)52(46(47)58)50-36-22-15-28(48)23-35(36)49)24-33-31(41(47)40-37(53)9-6-10-38(40)60-2)20-21-32-39(33)45(57)51(43(32)55)29-16-11-26(12-17-29)42(54)25-7-4-3-5-8-25/h3-20,22-23,32-34,39,41,50,53H,21,24H2,1-2H3. The molecule has 2 heterocycles. The number of carbonyl (C=O) groups excluding carboxylic acids is 5. The van der Waals surface area contributed by atoms with E-state index in [9.17, 15) is 19.5 Å². The maximum absolute atomic E-state index is 15.6. The van der Waals surface area contributed by atoms with Crippen LogP contribution in [0.25, 0.3) is 0 Å². The predicted molar refractivity (Wildman–Crippen MR) is 224 cm³/mol. The molecule has 13 heteroatoms. The van der Waals surface area contributed by atoms with Gasteiger partial charge in [-0.25, -0.2) is 0 Å². The van der Waals surface area contributed by atoms with E-state index >= 15 is 9.59 Å². The average Bonchev–Trinajstić information content (AvgIpc) is 3.65. The summed E-state index contributed by atoms with van der Waals surface area (Å²) in [6, 6.07) is 31.5. The van der Waals surface area contributed by atoms with Gasteiger partial charge in [0, 0.05) is 27.6 Å². The fraction of sp³-hybridized carbons (Fsp3) is 0.213. The summed E-state index contributed by atoms with van der Waals surface area (Å²) in [7, 11) is 2.98. The number of aromatic hydroxyl groups is 1. The van der Waals surface area contributed by atoms with Crippen LogP contribution in [-0.4, -0.2) is 53.7 Å². The molecule has 4 aliphatic rings. The van der Waals surface area contributed by atoms with Gasteiger partial charge in [-0.1, -0.05) is 83.4 Å². The summed E-state index contributed by atoms with van der Waals surface area (Å²) >= 11 is 12.8. The quantitative estimate of drug-likeness (QED) is 0.0855. The van der Waals surface area contributed by atoms with Crippen LogP contribution in [0, 0.1) is 23.7 Å². The molecule has 2 N–H and O–H groups in total. The van der Waals surface area contributed by atoms with Gasteiger partial charge in [0.2, 0.25) is 11.8 Å². The monoisotopic (exact) mass is 841 g/mol. The number of imide groups is 2. The summed E-state index contributed by atoms with van der Waals surface area (Å²) in [6.45, 7) is 0. The van der Waals surface area contributed by atoms with Crippen molar-refractivity contribution in [2.45, 2.75) is 24.2 Å². The molecule has 11 nitrogen and oxygen atoms in total. The van der Waals surface area contributed by atoms with Gasteiger partial charge >= 0.3 is 0 Å². The van der Waals surface area contributed by atoms with Crippen LogP contribution in [-0.2, 0) is 24.6 Å². The lowest BCUT2D eigenvalue weighted by Crippen LogP contribution is -2.53. The number of anilines is 2. The van der Waals surface area contributed by atoms with Crippen molar-refractivity contribution < 1.29 is 38.6 Å². The Morgan fingerprint density at radius 1 is 0.783 bits per heavy atom. The summed E-state index contributed by atoms with van der Waals surface area (Å²) < 4.78 is 11.4. The molecule has 9 rings (SSSR count). The number of methoxy groups -OCH3 is 2. The molecule has 0 bridgehead atoms. The minimum atomic E-state index is -1.71. The number of rotatable bonds is 9. The van der Waals surface area contributed by atoms with Gasteiger partial charge in [0.25, 0.3) is 11.8 Å². The molecule has 3 fully saturated rings. The number of halogens is 2. The third-order valence-corrected chi connectivity index (χ3v) is 13.1. The van der Waals surface area contributed by atoms with Crippen molar-refractivity contribution in [1.29, 1.82) is 0 Å². The van der Waals surface area contributed by atoms with Crippen molar-refractivity contribution >= 4 is 64.0 Å². The molecule has 4 amide bonds. The summed E-state index contributed by atoms with van der Waals surface area (Å²) in [5.74, 6) is -6.24. The summed E-state index contributed by atoms with van der Waals surface area (Å²) in [4.78, 5) is 74.2. The average molecular weight is 843 g/mol. The molecule has 6 atom stereocenters. The second-order valence-corrected chi connectivity index (χ2v) is 16.2. The van der Waals surface area contributed by atoms with Crippen molar-refractivity contribution in [2.75, 3.05) is 24.5 Å². The van der Waals surface area contributed by atoms with E-state index in [1.807, 2.05) is 12.1 Å². The maximum atomic E-state index is 15.6. The van der Waals surface area contributed by atoms with Crippen LogP contribution in [0.3, 0.4) is 0 Å². The van der Waals surface area contributed by atoms with Crippen LogP contribution in [0.2, 0.25) is 10.0 Å². The summed E-state index contributed by atoms with van der Waals surface area (Å²) in [6.07, 6.45) is 2.06. The number of hydrogen-bond acceptors (Lipinski definition) is 9. The molecule has 302 valence electrons. The highest BCUT2D eigenvalue weighted by Gasteiger charge is 2.71. The highest BCUT2D eigenvalue weighted by molar-refractivity contribution is 6.36. The van der Waals surface area contributed by atoms with Gasteiger partial charge in [-0.3, -0.25) is 34.3 Å². The summed E-state index contributed by atoms with van der Waals surface area (Å²) in [5.41, 5.74) is 4.09. The Kier molecular flexibility index (Phi) is 9.76. The Hall–Kier alpha value is -6.43. The van der Waals surface area contributed by atoms with Crippen LogP contribution in [0.4, 0.5) is 11.4 Å². The number of amides is 4. The number of fused-ring (bicyclic) bond motifs is 4. The molecule has 0 aromatic heterocycles. The van der Waals surface area contributed by atoms with Crippen LogP contribution in [0.15, 0.2) is 127 Å². The van der Waals surface area contributed by atoms with Gasteiger partial charge in [-0.2, -0.15) is 5.01 Å². The molecule has 2 saturated heterocycles. The Balaban J connectivity index is 1.18. The molecule has 0 spiro atoms. The van der Waals surface area contributed by atoms with E-state index in [0.717, 1.165) is 5.01 Å². The van der Waals surface area contributed by atoms with Crippen LogP contribution < -0.4 is 19.8 Å². The first-order valence-corrected chi connectivity index (χ1v) is 20.1.